The Labute approximate surface area is 99.3 Å². The summed E-state index contributed by atoms with van der Waals surface area (Å²) in [4.78, 5) is 11.7. The first kappa shape index (κ1) is 11.4. The van der Waals surface area contributed by atoms with Crippen LogP contribution in [0.2, 0.25) is 0 Å². The van der Waals surface area contributed by atoms with E-state index in [2.05, 4.69) is 10.5 Å². The Bertz CT molecular complexity index is 453. The van der Waals surface area contributed by atoms with Crippen molar-refractivity contribution in [1.82, 2.24) is 0 Å². The highest BCUT2D eigenvalue weighted by molar-refractivity contribution is 5.99. The van der Waals surface area contributed by atoms with Gasteiger partial charge in [0.2, 0.25) is 5.91 Å². The summed E-state index contributed by atoms with van der Waals surface area (Å²) in [7, 11) is 0. The van der Waals surface area contributed by atoms with Crippen molar-refractivity contribution in [1.29, 1.82) is 0 Å². The van der Waals surface area contributed by atoms with Crippen LogP contribution >= 0.6 is 0 Å². The third-order valence-electron chi connectivity index (χ3n) is 3.01. The van der Waals surface area contributed by atoms with Gasteiger partial charge in [0.15, 0.2) is 5.84 Å². The topological polar surface area (TPSA) is 87.7 Å². The van der Waals surface area contributed by atoms with E-state index >= 15 is 0 Å². The summed E-state index contributed by atoms with van der Waals surface area (Å²) in [6.45, 7) is 0. The predicted molar refractivity (Wildman–Crippen MR) is 64.9 cm³/mol. The molecule has 0 atom stereocenters. The highest BCUT2D eigenvalue weighted by Gasteiger charge is 2.25. The van der Waals surface area contributed by atoms with Crippen LogP contribution in [-0.2, 0) is 4.79 Å². The second-order valence-corrected chi connectivity index (χ2v) is 4.18. The van der Waals surface area contributed by atoms with E-state index in [1.807, 2.05) is 0 Å². The van der Waals surface area contributed by atoms with Gasteiger partial charge >= 0.3 is 0 Å². The maximum atomic E-state index is 11.7. The summed E-state index contributed by atoms with van der Waals surface area (Å²) in [5.41, 5.74) is 6.73. The number of carbonyl (C=O) groups excluding carboxylic acids is 1. The van der Waals surface area contributed by atoms with E-state index in [1.54, 1.807) is 24.3 Å². The van der Waals surface area contributed by atoms with Crippen LogP contribution in [0, 0.1) is 5.92 Å². The monoisotopic (exact) mass is 233 g/mol. The molecule has 0 radical (unpaired) electrons. The van der Waals surface area contributed by atoms with Gasteiger partial charge in [0.1, 0.15) is 0 Å². The Balaban J connectivity index is 2.08. The smallest absolute Gasteiger partial charge is 0.227 e. The minimum atomic E-state index is 0.0322. The molecule has 5 nitrogen and oxygen atoms in total. The first-order valence-corrected chi connectivity index (χ1v) is 5.59. The number of amidine groups is 1. The van der Waals surface area contributed by atoms with Crippen molar-refractivity contribution >= 4 is 17.4 Å². The molecule has 0 bridgehead atoms. The summed E-state index contributed by atoms with van der Waals surface area (Å²) in [6, 6.07) is 6.94. The van der Waals surface area contributed by atoms with Gasteiger partial charge < -0.3 is 16.3 Å². The third-order valence-corrected chi connectivity index (χ3v) is 3.01. The maximum absolute atomic E-state index is 11.7. The molecule has 1 aromatic carbocycles. The number of nitrogens with two attached hydrogens (primary N) is 1. The first-order chi connectivity index (χ1) is 8.20. The number of carbonyl (C=O) groups is 1. The second-order valence-electron chi connectivity index (χ2n) is 4.18. The molecule has 90 valence electrons. The molecule has 0 aliphatic heterocycles. The standard InChI is InChI=1S/C12H15N3O2/c13-11(15-17)9-5-2-6-10(7-9)14-12(16)8-3-1-4-8/h2,5-8,17H,1,3-4H2,(H2,13,15)(H,14,16). The average molecular weight is 233 g/mol. The number of oxime groups is 1. The van der Waals surface area contributed by atoms with Gasteiger partial charge in [-0.25, -0.2) is 0 Å². The highest BCUT2D eigenvalue weighted by atomic mass is 16.4. The van der Waals surface area contributed by atoms with Gasteiger partial charge in [-0.2, -0.15) is 0 Å². The molecule has 0 unspecified atom stereocenters. The number of hydrogen-bond donors (Lipinski definition) is 3. The molecule has 4 N–H and O–H groups in total. The molecule has 5 heteroatoms. The maximum Gasteiger partial charge on any atom is 0.227 e. The molecule has 2 rings (SSSR count). The number of nitrogens with zero attached hydrogens (tertiary/aromatic N) is 1. The summed E-state index contributed by atoms with van der Waals surface area (Å²) >= 11 is 0. The molecule has 0 aromatic heterocycles. The first-order valence-electron chi connectivity index (χ1n) is 5.59. The lowest BCUT2D eigenvalue weighted by atomic mass is 9.85. The second kappa shape index (κ2) is 4.86. The Morgan fingerprint density at radius 2 is 2.24 bits per heavy atom. The molecular weight excluding hydrogens is 218 g/mol. The van der Waals surface area contributed by atoms with E-state index < -0.39 is 0 Å². The van der Waals surface area contributed by atoms with Crippen LogP contribution in [0.1, 0.15) is 24.8 Å². The van der Waals surface area contributed by atoms with Crippen molar-refractivity contribution in [3.8, 4) is 0 Å². The Kier molecular flexibility index (Phi) is 3.27. The van der Waals surface area contributed by atoms with Gasteiger partial charge in [0.05, 0.1) is 0 Å². The molecule has 1 aliphatic rings. The molecule has 1 fully saturated rings. The molecular formula is C12H15N3O2. The molecule has 1 saturated carbocycles. The van der Waals surface area contributed by atoms with Crippen molar-refractivity contribution in [2.75, 3.05) is 5.32 Å². The van der Waals surface area contributed by atoms with Crippen LogP contribution in [0.5, 0.6) is 0 Å². The third kappa shape index (κ3) is 2.55. The largest absolute Gasteiger partial charge is 0.409 e. The van der Waals surface area contributed by atoms with Crippen LogP contribution in [0.15, 0.2) is 29.4 Å². The van der Waals surface area contributed by atoms with E-state index in [4.69, 9.17) is 10.9 Å². The van der Waals surface area contributed by atoms with Crippen molar-refractivity contribution in [2.45, 2.75) is 19.3 Å². The molecule has 1 aliphatic carbocycles. The van der Waals surface area contributed by atoms with Crippen LogP contribution in [-0.4, -0.2) is 17.0 Å². The lowest BCUT2D eigenvalue weighted by Gasteiger charge is -2.24. The fourth-order valence-corrected chi connectivity index (χ4v) is 1.73. The minimum Gasteiger partial charge on any atom is -0.409 e. The summed E-state index contributed by atoms with van der Waals surface area (Å²) in [6.07, 6.45) is 3.06. The SMILES string of the molecule is N/C(=N/O)c1cccc(NC(=O)C2CCC2)c1. The summed E-state index contributed by atoms with van der Waals surface area (Å²) in [5, 5.41) is 14.3. The van der Waals surface area contributed by atoms with E-state index in [-0.39, 0.29) is 17.7 Å². The number of rotatable bonds is 3. The highest BCUT2D eigenvalue weighted by Crippen LogP contribution is 2.27. The van der Waals surface area contributed by atoms with Crippen molar-refractivity contribution in [2.24, 2.45) is 16.8 Å². The van der Waals surface area contributed by atoms with Crippen molar-refractivity contribution < 1.29 is 10.0 Å². The lowest BCUT2D eigenvalue weighted by molar-refractivity contribution is -0.122. The summed E-state index contributed by atoms with van der Waals surface area (Å²) in [5.74, 6) is 0.222. The van der Waals surface area contributed by atoms with Crippen molar-refractivity contribution in [3.05, 3.63) is 29.8 Å². The zero-order valence-corrected chi connectivity index (χ0v) is 9.39. The van der Waals surface area contributed by atoms with Gasteiger partial charge in [0, 0.05) is 17.2 Å². The zero-order chi connectivity index (χ0) is 12.3. The molecule has 1 amide bonds. The van der Waals surface area contributed by atoms with Crippen LogP contribution < -0.4 is 11.1 Å². The molecule has 17 heavy (non-hydrogen) atoms. The van der Waals surface area contributed by atoms with Crippen molar-refractivity contribution in [3.63, 3.8) is 0 Å². The number of nitrogens with one attached hydrogen (secondary N) is 1. The predicted octanol–water partition coefficient (Wildman–Crippen LogP) is 1.52. The molecule has 0 heterocycles. The Hall–Kier alpha value is -2.04. The Morgan fingerprint density at radius 3 is 2.82 bits per heavy atom. The molecule has 0 spiro atoms. The normalized spacial score (nSPS) is 16.4. The van der Waals surface area contributed by atoms with E-state index in [9.17, 15) is 4.79 Å². The average Bonchev–Trinajstić information content (AvgIpc) is 2.26. The van der Waals surface area contributed by atoms with E-state index in [1.165, 1.54) is 0 Å². The van der Waals surface area contributed by atoms with Crippen LogP contribution in [0.3, 0.4) is 0 Å². The minimum absolute atomic E-state index is 0.0322. The fourth-order valence-electron chi connectivity index (χ4n) is 1.73. The van der Waals surface area contributed by atoms with Gasteiger partial charge in [-0.15, -0.1) is 0 Å². The number of hydrogen-bond acceptors (Lipinski definition) is 3. The number of amides is 1. The number of anilines is 1. The molecule has 0 saturated heterocycles. The van der Waals surface area contributed by atoms with E-state index in [0.717, 1.165) is 19.3 Å². The molecule has 1 aromatic rings. The quantitative estimate of drug-likeness (QED) is 0.320. The summed E-state index contributed by atoms with van der Waals surface area (Å²) < 4.78 is 0. The number of benzene rings is 1. The fraction of sp³-hybridized carbons (Fsp3) is 0.333. The van der Waals surface area contributed by atoms with Crippen LogP contribution in [0.4, 0.5) is 5.69 Å². The van der Waals surface area contributed by atoms with Crippen LogP contribution in [0.25, 0.3) is 0 Å². The van der Waals surface area contributed by atoms with Gasteiger partial charge in [-0.05, 0) is 25.0 Å². The Morgan fingerprint density at radius 1 is 1.47 bits per heavy atom. The lowest BCUT2D eigenvalue weighted by Crippen LogP contribution is -2.28. The zero-order valence-electron chi connectivity index (χ0n) is 9.39. The van der Waals surface area contributed by atoms with Gasteiger partial charge in [-0.3, -0.25) is 4.79 Å². The van der Waals surface area contributed by atoms with Gasteiger partial charge in [-0.1, -0.05) is 23.7 Å². The van der Waals surface area contributed by atoms with Gasteiger partial charge in [0.25, 0.3) is 0 Å². The van der Waals surface area contributed by atoms with E-state index in [0.29, 0.717) is 11.3 Å².